The molecule has 3 rings (SSSR count). The maximum atomic E-state index is 13.1. The first kappa shape index (κ1) is 19.1. The summed E-state index contributed by atoms with van der Waals surface area (Å²) in [6.45, 7) is -0.148. The normalized spacial score (nSPS) is 10.4. The van der Waals surface area contributed by atoms with Crippen molar-refractivity contribution in [3.63, 3.8) is 0 Å². The van der Waals surface area contributed by atoms with E-state index in [1.165, 1.54) is 48.3 Å². The van der Waals surface area contributed by atoms with Gasteiger partial charge in [0.05, 0.1) is 26.2 Å². The number of likely N-dealkylation sites (N-methyl/N-ethyl adjacent to an activating group) is 1. The van der Waals surface area contributed by atoms with Crippen molar-refractivity contribution in [2.75, 3.05) is 26.0 Å². The molecule has 8 heteroatoms. The Morgan fingerprint density at radius 2 is 1.96 bits per heavy atom. The Kier molecular flexibility index (Phi) is 5.69. The van der Waals surface area contributed by atoms with E-state index in [1.807, 2.05) is 0 Å². The molecule has 7 nitrogen and oxygen atoms in total. The SMILES string of the molecule is COc1cccc(NC(=O)CN(C)C(=O)c2cncn2-c2ccc(F)cc2)c1. The Labute approximate surface area is 161 Å². The molecule has 1 N–H and O–H groups in total. The van der Waals surface area contributed by atoms with E-state index < -0.39 is 0 Å². The lowest BCUT2D eigenvalue weighted by molar-refractivity contribution is -0.116. The summed E-state index contributed by atoms with van der Waals surface area (Å²) in [5.41, 5.74) is 1.43. The number of carbonyl (C=O) groups is 2. The second-order valence-electron chi connectivity index (χ2n) is 6.07. The fourth-order valence-electron chi connectivity index (χ4n) is 2.64. The maximum absolute atomic E-state index is 13.1. The van der Waals surface area contributed by atoms with Crippen LogP contribution in [0.2, 0.25) is 0 Å². The van der Waals surface area contributed by atoms with Crippen LogP contribution >= 0.6 is 0 Å². The van der Waals surface area contributed by atoms with Crippen molar-refractivity contribution in [3.05, 3.63) is 72.6 Å². The van der Waals surface area contributed by atoms with Crippen LogP contribution in [0.25, 0.3) is 5.69 Å². The fraction of sp³-hybridized carbons (Fsp3) is 0.150. The number of methoxy groups -OCH3 is 1. The lowest BCUT2D eigenvalue weighted by atomic mass is 10.3. The van der Waals surface area contributed by atoms with E-state index in [4.69, 9.17) is 4.74 Å². The summed E-state index contributed by atoms with van der Waals surface area (Å²) in [5.74, 6) is -0.493. The monoisotopic (exact) mass is 382 g/mol. The lowest BCUT2D eigenvalue weighted by Crippen LogP contribution is -2.35. The van der Waals surface area contributed by atoms with Crippen LogP contribution in [0.3, 0.4) is 0 Å². The van der Waals surface area contributed by atoms with Crippen molar-refractivity contribution < 1.29 is 18.7 Å². The molecule has 0 spiro atoms. The number of imidazole rings is 1. The Morgan fingerprint density at radius 3 is 2.68 bits per heavy atom. The largest absolute Gasteiger partial charge is 0.497 e. The highest BCUT2D eigenvalue weighted by Crippen LogP contribution is 2.17. The Morgan fingerprint density at radius 1 is 1.21 bits per heavy atom. The van der Waals surface area contributed by atoms with Gasteiger partial charge >= 0.3 is 0 Å². The number of halogens is 1. The molecule has 2 amide bonds. The quantitative estimate of drug-likeness (QED) is 0.711. The summed E-state index contributed by atoms with van der Waals surface area (Å²) in [7, 11) is 3.06. The van der Waals surface area contributed by atoms with Gasteiger partial charge in [-0.1, -0.05) is 6.07 Å². The zero-order valence-electron chi connectivity index (χ0n) is 15.4. The van der Waals surface area contributed by atoms with Crippen LogP contribution in [0.5, 0.6) is 5.75 Å². The van der Waals surface area contributed by atoms with Crippen molar-refractivity contribution in [3.8, 4) is 11.4 Å². The highest BCUT2D eigenvalue weighted by Gasteiger charge is 2.19. The highest BCUT2D eigenvalue weighted by molar-refractivity contribution is 5.98. The van der Waals surface area contributed by atoms with Crippen molar-refractivity contribution in [2.24, 2.45) is 0 Å². The first-order valence-electron chi connectivity index (χ1n) is 8.45. The molecular weight excluding hydrogens is 363 g/mol. The minimum atomic E-state index is -0.386. The number of rotatable bonds is 6. The zero-order chi connectivity index (χ0) is 20.1. The van der Waals surface area contributed by atoms with E-state index in [0.29, 0.717) is 17.1 Å². The number of anilines is 1. The summed E-state index contributed by atoms with van der Waals surface area (Å²) in [4.78, 5) is 30.3. The summed E-state index contributed by atoms with van der Waals surface area (Å²) >= 11 is 0. The van der Waals surface area contributed by atoms with Gasteiger partial charge in [0.15, 0.2) is 0 Å². The second kappa shape index (κ2) is 8.34. The maximum Gasteiger partial charge on any atom is 0.272 e. The predicted octanol–water partition coefficient (Wildman–Crippen LogP) is 2.73. The number of hydrogen-bond acceptors (Lipinski definition) is 4. The molecule has 0 aliphatic carbocycles. The molecule has 0 unspecified atom stereocenters. The third kappa shape index (κ3) is 4.35. The Balaban J connectivity index is 1.69. The second-order valence-corrected chi connectivity index (χ2v) is 6.07. The minimum Gasteiger partial charge on any atom is -0.497 e. The number of hydrogen-bond donors (Lipinski definition) is 1. The van der Waals surface area contributed by atoms with Crippen molar-refractivity contribution in [1.82, 2.24) is 14.5 Å². The van der Waals surface area contributed by atoms with Crippen LogP contribution in [0, 0.1) is 5.82 Å². The average Bonchev–Trinajstić information content (AvgIpc) is 3.17. The van der Waals surface area contributed by atoms with Gasteiger partial charge in [-0.2, -0.15) is 0 Å². The first-order valence-corrected chi connectivity index (χ1v) is 8.45. The first-order chi connectivity index (χ1) is 13.5. The molecule has 0 saturated heterocycles. The van der Waals surface area contributed by atoms with E-state index >= 15 is 0 Å². The molecule has 0 aliphatic heterocycles. The summed E-state index contributed by atoms with van der Waals surface area (Å²) < 4.78 is 19.8. The van der Waals surface area contributed by atoms with Crippen LogP contribution in [-0.2, 0) is 4.79 Å². The smallest absolute Gasteiger partial charge is 0.272 e. The van der Waals surface area contributed by atoms with Crippen LogP contribution in [0.1, 0.15) is 10.5 Å². The van der Waals surface area contributed by atoms with Crippen molar-refractivity contribution in [2.45, 2.75) is 0 Å². The molecular formula is C20H19FN4O3. The third-order valence-corrected chi connectivity index (χ3v) is 4.04. The van der Waals surface area contributed by atoms with Gasteiger partial charge in [-0.3, -0.25) is 14.2 Å². The Bertz CT molecular complexity index is 985. The average molecular weight is 382 g/mol. The minimum absolute atomic E-state index is 0.148. The molecule has 0 atom stereocenters. The number of nitrogens with one attached hydrogen (secondary N) is 1. The van der Waals surface area contributed by atoms with Gasteiger partial charge in [-0.05, 0) is 36.4 Å². The molecule has 0 bridgehead atoms. The molecule has 28 heavy (non-hydrogen) atoms. The predicted molar refractivity (Wildman–Crippen MR) is 102 cm³/mol. The van der Waals surface area contributed by atoms with Gasteiger partial charge in [0.2, 0.25) is 5.91 Å². The fourth-order valence-corrected chi connectivity index (χ4v) is 2.64. The summed E-state index contributed by atoms with van der Waals surface area (Å²) in [6.07, 6.45) is 2.87. The zero-order valence-corrected chi connectivity index (χ0v) is 15.4. The van der Waals surface area contributed by atoms with Crippen LogP contribution < -0.4 is 10.1 Å². The van der Waals surface area contributed by atoms with Gasteiger partial charge < -0.3 is 15.0 Å². The molecule has 0 aliphatic rings. The van der Waals surface area contributed by atoms with E-state index in [0.717, 1.165) is 0 Å². The molecule has 144 valence electrons. The number of nitrogens with zero attached hydrogens (tertiary/aromatic N) is 3. The molecule has 3 aromatic rings. The third-order valence-electron chi connectivity index (χ3n) is 4.04. The van der Waals surface area contributed by atoms with Crippen LogP contribution in [-0.4, -0.2) is 47.0 Å². The molecule has 0 saturated carbocycles. The van der Waals surface area contributed by atoms with Gasteiger partial charge in [0, 0.05) is 24.5 Å². The molecule has 0 fully saturated rings. The molecule has 2 aromatic carbocycles. The molecule has 1 heterocycles. The van der Waals surface area contributed by atoms with Crippen molar-refractivity contribution >= 4 is 17.5 Å². The van der Waals surface area contributed by atoms with Gasteiger partial charge in [-0.25, -0.2) is 9.37 Å². The summed E-state index contributed by atoms with van der Waals surface area (Å²) in [5, 5.41) is 2.72. The van der Waals surface area contributed by atoms with E-state index in [9.17, 15) is 14.0 Å². The Hall–Kier alpha value is -3.68. The number of amides is 2. The lowest BCUT2D eigenvalue weighted by Gasteiger charge is -2.18. The number of carbonyl (C=O) groups excluding carboxylic acids is 2. The number of benzene rings is 2. The van der Waals surface area contributed by atoms with Crippen LogP contribution in [0.15, 0.2) is 61.1 Å². The van der Waals surface area contributed by atoms with E-state index in [2.05, 4.69) is 10.3 Å². The molecule has 1 aromatic heterocycles. The van der Waals surface area contributed by atoms with E-state index in [1.54, 1.807) is 36.4 Å². The van der Waals surface area contributed by atoms with Crippen LogP contribution in [0.4, 0.5) is 10.1 Å². The number of ether oxygens (including phenoxy) is 1. The highest BCUT2D eigenvalue weighted by atomic mass is 19.1. The van der Waals surface area contributed by atoms with Gasteiger partial charge in [0.25, 0.3) is 5.91 Å². The van der Waals surface area contributed by atoms with E-state index in [-0.39, 0.29) is 29.9 Å². The molecule has 0 radical (unpaired) electrons. The van der Waals surface area contributed by atoms with Gasteiger partial charge in [-0.15, -0.1) is 0 Å². The summed E-state index contributed by atoms with van der Waals surface area (Å²) in [6, 6.07) is 12.6. The number of aromatic nitrogens is 2. The van der Waals surface area contributed by atoms with Crippen molar-refractivity contribution in [1.29, 1.82) is 0 Å². The standard InChI is InChI=1S/C20H19FN4O3/c1-24(12-19(26)23-15-4-3-5-17(10-15)28-2)20(27)18-11-22-13-25(18)16-8-6-14(21)7-9-16/h3-11,13H,12H2,1-2H3,(H,23,26). The topological polar surface area (TPSA) is 76.5 Å². The van der Waals surface area contributed by atoms with Gasteiger partial charge in [0.1, 0.15) is 17.3 Å².